The van der Waals surface area contributed by atoms with Crippen LogP contribution in [0.15, 0.2) is 0 Å². The van der Waals surface area contributed by atoms with Gasteiger partial charge in [0.1, 0.15) is 0 Å². The summed E-state index contributed by atoms with van der Waals surface area (Å²) in [5.74, 6) is -0.416. The van der Waals surface area contributed by atoms with Gasteiger partial charge in [0.2, 0.25) is 5.91 Å². The zero-order valence-corrected chi connectivity index (χ0v) is 9.57. The first kappa shape index (κ1) is 14.8. The van der Waals surface area contributed by atoms with Gasteiger partial charge >= 0.3 is 6.03 Å². The Kier molecular flexibility index (Phi) is 8.41. The minimum absolute atomic E-state index is 0.117. The van der Waals surface area contributed by atoms with Crippen LogP contribution in [0.4, 0.5) is 4.79 Å². The van der Waals surface area contributed by atoms with E-state index < -0.39 is 11.9 Å². The molecule has 0 saturated heterocycles. The number of urea groups is 1. The molecular weight excluding hydrogens is 212 g/mol. The molecule has 94 valence electrons. The summed E-state index contributed by atoms with van der Waals surface area (Å²) in [5, 5.41) is 2.01. The van der Waals surface area contributed by atoms with Gasteiger partial charge in [-0.1, -0.05) is 0 Å². The standard InChI is InChI=1S/C9H20N4O3/c1-16-6-5-13(4-2-3-10)7-8(14)12-9(11)15/h2-7,10H2,1H3,(H3,11,12,14,15). The first-order chi connectivity index (χ1) is 7.60. The Bertz CT molecular complexity index is 215. The molecule has 0 spiro atoms. The fraction of sp³-hybridized carbons (Fsp3) is 0.778. The van der Waals surface area contributed by atoms with Crippen molar-refractivity contribution in [1.82, 2.24) is 10.2 Å². The van der Waals surface area contributed by atoms with Crippen LogP contribution in [0.5, 0.6) is 0 Å². The fourth-order valence-corrected chi connectivity index (χ4v) is 1.19. The highest BCUT2D eigenvalue weighted by atomic mass is 16.5. The van der Waals surface area contributed by atoms with Crippen LogP contribution >= 0.6 is 0 Å². The molecule has 3 amide bonds. The van der Waals surface area contributed by atoms with Crippen molar-refractivity contribution in [3.8, 4) is 0 Å². The maximum absolute atomic E-state index is 11.3. The van der Waals surface area contributed by atoms with E-state index in [9.17, 15) is 9.59 Å². The van der Waals surface area contributed by atoms with Gasteiger partial charge in [0.25, 0.3) is 0 Å². The topological polar surface area (TPSA) is 111 Å². The number of rotatable bonds is 8. The van der Waals surface area contributed by atoms with Crippen LogP contribution in [0.1, 0.15) is 6.42 Å². The average molecular weight is 232 g/mol. The number of nitrogens with two attached hydrogens (primary N) is 2. The molecule has 5 N–H and O–H groups in total. The van der Waals surface area contributed by atoms with Crippen LogP contribution in [0.25, 0.3) is 0 Å². The molecule has 0 atom stereocenters. The lowest BCUT2D eigenvalue weighted by Crippen LogP contribution is -2.43. The monoisotopic (exact) mass is 232 g/mol. The van der Waals surface area contributed by atoms with Crippen molar-refractivity contribution in [2.75, 3.05) is 39.9 Å². The second-order valence-corrected chi connectivity index (χ2v) is 3.32. The summed E-state index contributed by atoms with van der Waals surface area (Å²) in [7, 11) is 1.59. The number of nitrogens with one attached hydrogen (secondary N) is 1. The molecule has 0 aromatic rings. The lowest BCUT2D eigenvalue weighted by molar-refractivity contribution is -0.121. The normalized spacial score (nSPS) is 10.4. The molecule has 0 aromatic heterocycles. The third kappa shape index (κ3) is 8.16. The van der Waals surface area contributed by atoms with E-state index in [0.29, 0.717) is 26.2 Å². The smallest absolute Gasteiger partial charge is 0.318 e. The molecule has 0 aliphatic carbocycles. The van der Waals surface area contributed by atoms with E-state index in [1.807, 2.05) is 10.2 Å². The molecular formula is C9H20N4O3. The number of amides is 3. The van der Waals surface area contributed by atoms with Crippen LogP contribution < -0.4 is 16.8 Å². The minimum atomic E-state index is -0.837. The first-order valence-corrected chi connectivity index (χ1v) is 5.10. The van der Waals surface area contributed by atoms with Crippen molar-refractivity contribution < 1.29 is 14.3 Å². The molecule has 16 heavy (non-hydrogen) atoms. The molecule has 7 nitrogen and oxygen atoms in total. The van der Waals surface area contributed by atoms with Crippen molar-refractivity contribution >= 4 is 11.9 Å². The summed E-state index contributed by atoms with van der Waals surface area (Å²) >= 11 is 0. The van der Waals surface area contributed by atoms with E-state index in [-0.39, 0.29) is 6.54 Å². The predicted molar refractivity (Wildman–Crippen MR) is 59.7 cm³/mol. The van der Waals surface area contributed by atoms with Gasteiger partial charge in [0.15, 0.2) is 0 Å². The van der Waals surface area contributed by atoms with Crippen LogP contribution in [-0.2, 0) is 9.53 Å². The predicted octanol–water partition coefficient (Wildman–Crippen LogP) is -1.52. The highest BCUT2D eigenvalue weighted by Crippen LogP contribution is 1.91. The number of ether oxygens (including phenoxy) is 1. The van der Waals surface area contributed by atoms with Crippen LogP contribution in [0.3, 0.4) is 0 Å². The second-order valence-electron chi connectivity index (χ2n) is 3.32. The number of carbonyl (C=O) groups excluding carboxylic acids is 2. The lowest BCUT2D eigenvalue weighted by Gasteiger charge is -2.20. The van der Waals surface area contributed by atoms with E-state index in [1.165, 1.54) is 0 Å². The molecule has 0 unspecified atom stereocenters. The number of carbonyl (C=O) groups is 2. The summed E-state index contributed by atoms with van der Waals surface area (Å²) in [6.07, 6.45) is 0.785. The molecule has 0 heterocycles. The highest BCUT2D eigenvalue weighted by Gasteiger charge is 2.11. The Morgan fingerprint density at radius 2 is 2.06 bits per heavy atom. The molecule has 7 heteroatoms. The Labute approximate surface area is 95.1 Å². The van der Waals surface area contributed by atoms with Crippen molar-refractivity contribution in [2.24, 2.45) is 11.5 Å². The van der Waals surface area contributed by atoms with E-state index in [0.717, 1.165) is 6.42 Å². The number of methoxy groups -OCH3 is 1. The van der Waals surface area contributed by atoms with Gasteiger partial charge in [-0.05, 0) is 19.5 Å². The Hall–Kier alpha value is -1.18. The van der Waals surface area contributed by atoms with Gasteiger partial charge < -0.3 is 16.2 Å². The van der Waals surface area contributed by atoms with E-state index >= 15 is 0 Å². The van der Waals surface area contributed by atoms with Gasteiger partial charge in [0, 0.05) is 13.7 Å². The van der Waals surface area contributed by atoms with Crippen molar-refractivity contribution in [3.05, 3.63) is 0 Å². The molecule has 0 radical (unpaired) electrons. The lowest BCUT2D eigenvalue weighted by atomic mass is 10.3. The molecule has 0 fully saturated rings. The number of imide groups is 1. The Balaban J connectivity index is 3.97. The van der Waals surface area contributed by atoms with E-state index in [2.05, 4.69) is 0 Å². The maximum Gasteiger partial charge on any atom is 0.318 e. The number of hydrogen-bond donors (Lipinski definition) is 3. The van der Waals surface area contributed by atoms with E-state index in [4.69, 9.17) is 16.2 Å². The second kappa shape index (κ2) is 9.08. The van der Waals surface area contributed by atoms with Crippen molar-refractivity contribution in [2.45, 2.75) is 6.42 Å². The van der Waals surface area contributed by atoms with Gasteiger partial charge in [-0.25, -0.2) is 4.79 Å². The van der Waals surface area contributed by atoms with Crippen molar-refractivity contribution in [3.63, 3.8) is 0 Å². The van der Waals surface area contributed by atoms with Crippen LogP contribution in [0.2, 0.25) is 0 Å². The number of hydrogen-bond acceptors (Lipinski definition) is 5. The van der Waals surface area contributed by atoms with Gasteiger partial charge in [-0.3, -0.25) is 15.0 Å². The highest BCUT2D eigenvalue weighted by molar-refractivity contribution is 5.94. The van der Waals surface area contributed by atoms with Gasteiger partial charge in [-0.15, -0.1) is 0 Å². The quantitative estimate of drug-likeness (QED) is 0.470. The zero-order chi connectivity index (χ0) is 12.4. The van der Waals surface area contributed by atoms with E-state index in [1.54, 1.807) is 7.11 Å². The van der Waals surface area contributed by atoms with Gasteiger partial charge in [-0.2, -0.15) is 0 Å². The molecule has 0 bridgehead atoms. The zero-order valence-electron chi connectivity index (χ0n) is 9.57. The SMILES string of the molecule is COCCN(CCCN)CC(=O)NC(N)=O. The van der Waals surface area contributed by atoms with Crippen LogP contribution in [-0.4, -0.2) is 56.7 Å². The third-order valence-electron chi connectivity index (χ3n) is 1.92. The molecule has 0 saturated carbocycles. The number of primary amides is 1. The largest absolute Gasteiger partial charge is 0.383 e. The molecule has 0 aliphatic heterocycles. The van der Waals surface area contributed by atoms with Crippen LogP contribution in [0, 0.1) is 0 Å². The summed E-state index contributed by atoms with van der Waals surface area (Å²) in [4.78, 5) is 23.6. The Morgan fingerprint density at radius 3 is 2.56 bits per heavy atom. The summed E-state index contributed by atoms with van der Waals surface area (Å²) in [6.45, 7) is 2.50. The Morgan fingerprint density at radius 1 is 1.38 bits per heavy atom. The fourth-order valence-electron chi connectivity index (χ4n) is 1.19. The minimum Gasteiger partial charge on any atom is -0.383 e. The summed E-state index contributed by atoms with van der Waals surface area (Å²) in [6, 6.07) is -0.837. The average Bonchev–Trinajstić information content (AvgIpc) is 2.20. The molecule has 0 aromatic carbocycles. The maximum atomic E-state index is 11.3. The molecule has 0 aliphatic rings. The number of nitrogens with zero attached hydrogens (tertiary/aromatic N) is 1. The summed E-state index contributed by atoms with van der Waals surface area (Å²) in [5.41, 5.74) is 10.2. The van der Waals surface area contributed by atoms with Crippen molar-refractivity contribution in [1.29, 1.82) is 0 Å². The summed E-state index contributed by atoms with van der Waals surface area (Å²) < 4.78 is 4.92. The first-order valence-electron chi connectivity index (χ1n) is 5.10. The molecule has 0 rings (SSSR count). The van der Waals surface area contributed by atoms with Gasteiger partial charge in [0.05, 0.1) is 13.2 Å². The third-order valence-corrected chi connectivity index (χ3v) is 1.92.